The van der Waals surface area contributed by atoms with Gasteiger partial charge >= 0.3 is 0 Å². The van der Waals surface area contributed by atoms with Crippen molar-refractivity contribution in [2.45, 2.75) is 18.4 Å². The summed E-state index contributed by atoms with van der Waals surface area (Å²) in [5.74, 6) is 0.522. The van der Waals surface area contributed by atoms with E-state index in [4.69, 9.17) is 14.2 Å². The molecule has 0 unspecified atom stereocenters. The van der Waals surface area contributed by atoms with Gasteiger partial charge in [-0.25, -0.2) is 0 Å². The van der Waals surface area contributed by atoms with Gasteiger partial charge in [0.2, 0.25) is 11.7 Å². The molecule has 2 aliphatic rings. The summed E-state index contributed by atoms with van der Waals surface area (Å²) in [6.07, 6.45) is 0.766. The number of anilines is 1. The number of hydrogen-bond acceptors (Lipinski definition) is 5. The lowest BCUT2D eigenvalue weighted by Crippen LogP contribution is -2.49. The summed E-state index contributed by atoms with van der Waals surface area (Å²) in [6, 6.07) is 18.5. The average molecular weight is 459 g/mol. The van der Waals surface area contributed by atoms with Crippen molar-refractivity contribution in [3.05, 3.63) is 82.9 Å². The summed E-state index contributed by atoms with van der Waals surface area (Å²) >= 11 is 0. The number of amides is 2. The van der Waals surface area contributed by atoms with E-state index in [-0.39, 0.29) is 17.9 Å². The quantitative estimate of drug-likeness (QED) is 0.621. The first kappa shape index (κ1) is 21.8. The van der Waals surface area contributed by atoms with Crippen LogP contribution in [0.3, 0.4) is 0 Å². The van der Waals surface area contributed by atoms with Crippen LogP contribution in [-0.4, -0.2) is 44.6 Å². The second-order valence-corrected chi connectivity index (χ2v) is 8.36. The highest BCUT2D eigenvalue weighted by atomic mass is 16.5. The molecule has 5 rings (SSSR count). The summed E-state index contributed by atoms with van der Waals surface area (Å²) in [7, 11) is 4.59. The molecule has 1 N–H and O–H groups in total. The normalized spacial score (nSPS) is 18.3. The Balaban J connectivity index is 1.60. The van der Waals surface area contributed by atoms with Crippen LogP contribution >= 0.6 is 0 Å². The minimum atomic E-state index is -0.575. The third kappa shape index (κ3) is 3.44. The smallest absolute Gasteiger partial charge is 0.254 e. The number of rotatable bonds is 5. The molecule has 0 aliphatic carbocycles. The van der Waals surface area contributed by atoms with Crippen LogP contribution in [0.4, 0.5) is 5.69 Å². The van der Waals surface area contributed by atoms with Crippen LogP contribution in [0.15, 0.2) is 60.7 Å². The lowest BCUT2D eigenvalue weighted by Gasteiger charge is -2.45. The molecule has 3 aromatic rings. The number of hydrogen-bond donors (Lipinski definition) is 1. The number of nitrogens with zero attached hydrogens (tertiary/aromatic N) is 1. The van der Waals surface area contributed by atoms with Crippen molar-refractivity contribution >= 4 is 17.5 Å². The maximum atomic E-state index is 13.9. The Hall–Kier alpha value is -4.00. The fraction of sp³-hybridized carbons (Fsp3) is 0.259. The van der Waals surface area contributed by atoms with E-state index in [2.05, 4.69) is 11.4 Å². The minimum absolute atomic E-state index is 0.0352. The van der Waals surface area contributed by atoms with Gasteiger partial charge < -0.3 is 24.4 Å². The molecule has 0 saturated heterocycles. The molecule has 174 valence electrons. The monoisotopic (exact) mass is 458 g/mol. The molecule has 2 aliphatic heterocycles. The first-order chi connectivity index (χ1) is 16.6. The molecular weight excluding hydrogens is 432 g/mol. The van der Waals surface area contributed by atoms with Crippen LogP contribution in [0.1, 0.15) is 39.0 Å². The SMILES string of the molecule is COc1cc(NC(=O)[C@H]2c3ccccc3C(=O)N3CCc4ccccc4[C@H]23)cc(OC)c1OC. The number of carbonyl (C=O) groups is 2. The maximum Gasteiger partial charge on any atom is 0.254 e. The number of benzene rings is 3. The second kappa shape index (κ2) is 8.74. The molecule has 0 spiro atoms. The van der Waals surface area contributed by atoms with Crippen molar-refractivity contribution in [2.75, 3.05) is 33.2 Å². The zero-order valence-corrected chi connectivity index (χ0v) is 19.3. The van der Waals surface area contributed by atoms with E-state index in [9.17, 15) is 9.59 Å². The van der Waals surface area contributed by atoms with E-state index in [1.165, 1.54) is 26.9 Å². The molecular formula is C27H26N2O5. The van der Waals surface area contributed by atoms with E-state index in [1.807, 2.05) is 41.3 Å². The van der Waals surface area contributed by atoms with Crippen LogP contribution in [0.2, 0.25) is 0 Å². The van der Waals surface area contributed by atoms with Crippen LogP contribution in [-0.2, 0) is 11.2 Å². The van der Waals surface area contributed by atoms with E-state index in [0.29, 0.717) is 35.0 Å². The summed E-state index contributed by atoms with van der Waals surface area (Å²) in [6.45, 7) is 0.572. The van der Waals surface area contributed by atoms with Gasteiger partial charge in [0.25, 0.3) is 5.91 Å². The molecule has 0 aromatic heterocycles. The van der Waals surface area contributed by atoms with E-state index in [1.54, 1.807) is 18.2 Å². The van der Waals surface area contributed by atoms with Gasteiger partial charge in [-0.3, -0.25) is 9.59 Å². The lowest BCUT2D eigenvalue weighted by molar-refractivity contribution is -0.119. The molecule has 0 bridgehead atoms. The highest BCUT2D eigenvalue weighted by molar-refractivity contribution is 6.04. The molecule has 0 saturated carbocycles. The summed E-state index contributed by atoms with van der Waals surface area (Å²) < 4.78 is 16.3. The van der Waals surface area contributed by atoms with Gasteiger partial charge in [0.05, 0.1) is 33.3 Å². The van der Waals surface area contributed by atoms with Crippen molar-refractivity contribution in [1.29, 1.82) is 0 Å². The molecule has 7 heteroatoms. The Kier molecular flexibility index (Phi) is 5.61. The molecule has 34 heavy (non-hydrogen) atoms. The molecule has 2 atom stereocenters. The average Bonchev–Trinajstić information content (AvgIpc) is 2.88. The number of fused-ring (bicyclic) bond motifs is 4. The zero-order valence-electron chi connectivity index (χ0n) is 19.3. The Bertz CT molecular complexity index is 1250. The zero-order chi connectivity index (χ0) is 23.8. The number of nitrogens with one attached hydrogen (secondary N) is 1. The Labute approximate surface area is 198 Å². The summed E-state index contributed by atoms with van der Waals surface area (Å²) in [5.41, 5.74) is 4.01. The van der Waals surface area contributed by atoms with E-state index < -0.39 is 5.92 Å². The first-order valence-corrected chi connectivity index (χ1v) is 11.2. The maximum absolute atomic E-state index is 13.9. The lowest BCUT2D eigenvalue weighted by atomic mass is 9.76. The summed E-state index contributed by atoms with van der Waals surface area (Å²) in [5, 5.41) is 3.04. The predicted molar refractivity (Wildman–Crippen MR) is 128 cm³/mol. The Morgan fingerprint density at radius 1 is 0.912 bits per heavy atom. The minimum Gasteiger partial charge on any atom is -0.493 e. The van der Waals surface area contributed by atoms with Crippen molar-refractivity contribution in [3.8, 4) is 17.2 Å². The molecule has 2 heterocycles. The molecule has 0 radical (unpaired) electrons. The second-order valence-electron chi connectivity index (χ2n) is 8.36. The highest BCUT2D eigenvalue weighted by Crippen LogP contribution is 2.47. The van der Waals surface area contributed by atoms with Crippen molar-refractivity contribution in [2.24, 2.45) is 0 Å². The number of ether oxygens (including phenoxy) is 3. The van der Waals surface area contributed by atoms with Gasteiger partial charge in [0.15, 0.2) is 11.5 Å². The molecule has 7 nitrogen and oxygen atoms in total. The Morgan fingerprint density at radius 2 is 1.56 bits per heavy atom. The highest BCUT2D eigenvalue weighted by Gasteiger charge is 2.46. The fourth-order valence-corrected chi connectivity index (χ4v) is 5.13. The fourth-order valence-electron chi connectivity index (χ4n) is 5.13. The number of methoxy groups -OCH3 is 3. The standard InChI is InChI=1S/C27H26N2O5/c1-32-21-14-17(15-22(33-2)25(21)34-3)28-26(30)23-19-10-6-7-11-20(19)27(31)29-13-12-16-8-4-5-9-18(16)24(23)29/h4-11,14-15,23-24H,12-13H2,1-3H3,(H,28,30)/t23-,24+/m0/s1. The number of carbonyl (C=O) groups excluding carboxylic acids is 2. The molecule has 3 aromatic carbocycles. The Morgan fingerprint density at radius 3 is 2.24 bits per heavy atom. The predicted octanol–water partition coefficient (Wildman–Crippen LogP) is 4.19. The van der Waals surface area contributed by atoms with Crippen molar-refractivity contribution < 1.29 is 23.8 Å². The van der Waals surface area contributed by atoms with Gasteiger partial charge in [-0.15, -0.1) is 0 Å². The van der Waals surface area contributed by atoms with Crippen molar-refractivity contribution in [1.82, 2.24) is 4.90 Å². The van der Waals surface area contributed by atoms with Gasteiger partial charge in [-0.2, -0.15) is 0 Å². The molecule has 0 fully saturated rings. The van der Waals surface area contributed by atoms with Crippen LogP contribution < -0.4 is 19.5 Å². The third-order valence-corrected chi connectivity index (χ3v) is 6.65. The van der Waals surface area contributed by atoms with Crippen LogP contribution in [0.25, 0.3) is 0 Å². The van der Waals surface area contributed by atoms with E-state index in [0.717, 1.165) is 17.5 Å². The van der Waals surface area contributed by atoms with Crippen LogP contribution in [0.5, 0.6) is 17.2 Å². The summed E-state index contributed by atoms with van der Waals surface area (Å²) in [4.78, 5) is 29.1. The van der Waals surface area contributed by atoms with Gasteiger partial charge in [0, 0.05) is 29.9 Å². The van der Waals surface area contributed by atoms with E-state index >= 15 is 0 Å². The largest absolute Gasteiger partial charge is 0.493 e. The van der Waals surface area contributed by atoms with Gasteiger partial charge in [-0.05, 0) is 29.2 Å². The molecule has 2 amide bonds. The van der Waals surface area contributed by atoms with Crippen LogP contribution in [0, 0.1) is 0 Å². The third-order valence-electron chi connectivity index (χ3n) is 6.65. The van der Waals surface area contributed by atoms with Gasteiger partial charge in [-0.1, -0.05) is 42.5 Å². The first-order valence-electron chi connectivity index (χ1n) is 11.2. The van der Waals surface area contributed by atoms with Gasteiger partial charge in [0.1, 0.15) is 0 Å². The van der Waals surface area contributed by atoms with Crippen molar-refractivity contribution in [3.63, 3.8) is 0 Å². The topological polar surface area (TPSA) is 77.1 Å².